The molecule has 2 N–H and O–H groups in total. The van der Waals surface area contributed by atoms with Crippen LogP contribution in [0.15, 0.2) is 29.2 Å². The molecule has 0 bridgehead atoms. The molecular formula is C15H24N2O4S. The topological polar surface area (TPSA) is 84.5 Å². The molecular weight excluding hydrogens is 304 g/mol. The summed E-state index contributed by atoms with van der Waals surface area (Å²) < 4.78 is 31.5. The average molecular weight is 328 g/mol. The van der Waals surface area contributed by atoms with Crippen LogP contribution in [0.3, 0.4) is 0 Å². The third-order valence-electron chi connectivity index (χ3n) is 3.12. The summed E-state index contributed by atoms with van der Waals surface area (Å²) in [4.78, 5) is 11.6. The third kappa shape index (κ3) is 6.44. The van der Waals surface area contributed by atoms with Crippen LogP contribution in [0.2, 0.25) is 0 Å². The first-order valence-electron chi connectivity index (χ1n) is 7.40. The lowest BCUT2D eigenvalue weighted by molar-refractivity contribution is -0.121. The van der Waals surface area contributed by atoms with Crippen LogP contribution in [0.5, 0.6) is 5.75 Å². The SMILES string of the molecule is CCCCCC(=O)NCCNS(=O)(=O)c1ccc(OC)cc1. The van der Waals surface area contributed by atoms with Gasteiger partial charge in [0.1, 0.15) is 5.75 Å². The summed E-state index contributed by atoms with van der Waals surface area (Å²) in [5.74, 6) is 0.551. The zero-order chi connectivity index (χ0) is 16.4. The molecule has 124 valence electrons. The Labute approximate surface area is 132 Å². The Morgan fingerprint density at radius 1 is 1.14 bits per heavy atom. The van der Waals surface area contributed by atoms with E-state index < -0.39 is 10.0 Å². The summed E-state index contributed by atoms with van der Waals surface area (Å²) in [6.45, 7) is 2.51. The number of amides is 1. The number of benzene rings is 1. The number of sulfonamides is 1. The van der Waals surface area contributed by atoms with Crippen LogP contribution in [0, 0.1) is 0 Å². The van der Waals surface area contributed by atoms with Crippen molar-refractivity contribution in [1.29, 1.82) is 0 Å². The fourth-order valence-corrected chi connectivity index (χ4v) is 2.88. The van der Waals surface area contributed by atoms with E-state index in [1.165, 1.54) is 19.2 Å². The highest BCUT2D eigenvalue weighted by Crippen LogP contribution is 2.14. The molecule has 6 nitrogen and oxygen atoms in total. The number of hydrogen-bond acceptors (Lipinski definition) is 4. The molecule has 0 spiro atoms. The van der Waals surface area contributed by atoms with Gasteiger partial charge in [0.05, 0.1) is 12.0 Å². The Bertz CT molecular complexity index is 555. The smallest absolute Gasteiger partial charge is 0.240 e. The third-order valence-corrected chi connectivity index (χ3v) is 4.59. The van der Waals surface area contributed by atoms with E-state index in [1.54, 1.807) is 12.1 Å². The van der Waals surface area contributed by atoms with Crippen molar-refractivity contribution >= 4 is 15.9 Å². The van der Waals surface area contributed by atoms with Gasteiger partial charge in [0.15, 0.2) is 0 Å². The van der Waals surface area contributed by atoms with Gasteiger partial charge >= 0.3 is 0 Å². The lowest BCUT2D eigenvalue weighted by atomic mass is 10.2. The molecule has 1 rings (SSSR count). The standard InChI is InChI=1S/C15H24N2O4S/c1-3-4-5-6-15(18)16-11-12-17-22(19,20)14-9-7-13(21-2)8-10-14/h7-10,17H,3-6,11-12H2,1-2H3,(H,16,18). The molecule has 0 heterocycles. The molecule has 0 aliphatic heterocycles. The summed E-state index contributed by atoms with van der Waals surface area (Å²) in [6, 6.07) is 6.13. The van der Waals surface area contributed by atoms with Crippen molar-refractivity contribution < 1.29 is 17.9 Å². The van der Waals surface area contributed by atoms with E-state index in [0.717, 1.165) is 19.3 Å². The van der Waals surface area contributed by atoms with Crippen LogP contribution >= 0.6 is 0 Å². The quantitative estimate of drug-likeness (QED) is 0.640. The molecule has 1 aromatic carbocycles. The number of nitrogens with one attached hydrogen (secondary N) is 2. The van der Waals surface area contributed by atoms with Gasteiger partial charge < -0.3 is 10.1 Å². The van der Waals surface area contributed by atoms with E-state index in [4.69, 9.17) is 4.74 Å². The van der Waals surface area contributed by atoms with Crippen molar-refractivity contribution in [3.63, 3.8) is 0 Å². The molecule has 0 aromatic heterocycles. The van der Waals surface area contributed by atoms with Gasteiger partial charge in [0.25, 0.3) is 0 Å². The Morgan fingerprint density at radius 3 is 2.41 bits per heavy atom. The second-order valence-corrected chi connectivity index (χ2v) is 6.65. The van der Waals surface area contributed by atoms with Crippen molar-refractivity contribution in [2.75, 3.05) is 20.2 Å². The van der Waals surface area contributed by atoms with Crippen LogP contribution in [0.25, 0.3) is 0 Å². The van der Waals surface area contributed by atoms with Crippen LogP contribution in [-0.4, -0.2) is 34.5 Å². The van der Waals surface area contributed by atoms with Gasteiger partial charge in [0, 0.05) is 19.5 Å². The summed E-state index contributed by atoms with van der Waals surface area (Å²) in [5.41, 5.74) is 0. The maximum Gasteiger partial charge on any atom is 0.240 e. The predicted octanol–water partition coefficient (Wildman–Crippen LogP) is 1.67. The maximum absolute atomic E-state index is 12.0. The molecule has 7 heteroatoms. The van der Waals surface area contributed by atoms with E-state index in [-0.39, 0.29) is 23.9 Å². The Balaban J connectivity index is 2.35. The Hall–Kier alpha value is -1.60. The molecule has 22 heavy (non-hydrogen) atoms. The monoisotopic (exact) mass is 328 g/mol. The van der Waals surface area contributed by atoms with Gasteiger partial charge in [-0.3, -0.25) is 4.79 Å². The minimum Gasteiger partial charge on any atom is -0.497 e. The predicted molar refractivity (Wildman–Crippen MR) is 85.3 cm³/mol. The summed E-state index contributed by atoms with van der Waals surface area (Å²) in [5, 5.41) is 2.70. The normalized spacial score (nSPS) is 11.2. The van der Waals surface area contributed by atoms with Gasteiger partial charge in [-0.1, -0.05) is 19.8 Å². The zero-order valence-electron chi connectivity index (χ0n) is 13.1. The number of carbonyl (C=O) groups is 1. The maximum atomic E-state index is 12.0. The first-order valence-corrected chi connectivity index (χ1v) is 8.88. The summed E-state index contributed by atoms with van der Waals surface area (Å²) in [7, 11) is -2.04. The van der Waals surface area contributed by atoms with Crippen molar-refractivity contribution in [3.05, 3.63) is 24.3 Å². The van der Waals surface area contributed by atoms with Crippen molar-refractivity contribution in [3.8, 4) is 5.75 Å². The highest BCUT2D eigenvalue weighted by atomic mass is 32.2. The van der Waals surface area contributed by atoms with Crippen molar-refractivity contribution in [2.45, 2.75) is 37.5 Å². The lowest BCUT2D eigenvalue weighted by Crippen LogP contribution is -2.34. The van der Waals surface area contributed by atoms with E-state index in [1.807, 2.05) is 0 Å². The number of ether oxygens (including phenoxy) is 1. The highest BCUT2D eigenvalue weighted by molar-refractivity contribution is 7.89. The number of unbranched alkanes of at least 4 members (excludes halogenated alkanes) is 2. The molecule has 1 amide bonds. The molecule has 0 saturated carbocycles. The molecule has 0 fully saturated rings. The van der Waals surface area contributed by atoms with Gasteiger partial charge in [-0.15, -0.1) is 0 Å². The molecule has 0 unspecified atom stereocenters. The molecule has 1 aromatic rings. The first kappa shape index (κ1) is 18.4. The lowest BCUT2D eigenvalue weighted by Gasteiger charge is -2.08. The Morgan fingerprint density at radius 2 is 1.82 bits per heavy atom. The summed E-state index contributed by atoms with van der Waals surface area (Å²) >= 11 is 0. The minimum absolute atomic E-state index is 0.0444. The van der Waals surface area contributed by atoms with Crippen LogP contribution < -0.4 is 14.8 Å². The van der Waals surface area contributed by atoms with Gasteiger partial charge in [-0.25, -0.2) is 13.1 Å². The van der Waals surface area contributed by atoms with Crippen LogP contribution in [0.1, 0.15) is 32.6 Å². The summed E-state index contributed by atoms with van der Waals surface area (Å²) in [6.07, 6.45) is 3.44. The Kier molecular flexibility index (Phi) is 7.90. The van der Waals surface area contributed by atoms with Crippen molar-refractivity contribution in [1.82, 2.24) is 10.0 Å². The highest BCUT2D eigenvalue weighted by Gasteiger charge is 2.13. The second-order valence-electron chi connectivity index (χ2n) is 4.88. The van der Waals surface area contributed by atoms with E-state index in [0.29, 0.717) is 12.2 Å². The molecule has 0 aliphatic carbocycles. The molecule has 0 radical (unpaired) electrons. The number of methoxy groups -OCH3 is 1. The van der Waals surface area contributed by atoms with Crippen LogP contribution in [0.4, 0.5) is 0 Å². The second kappa shape index (κ2) is 9.42. The number of hydrogen-bond donors (Lipinski definition) is 2. The average Bonchev–Trinajstić information content (AvgIpc) is 2.52. The van der Waals surface area contributed by atoms with Gasteiger partial charge in [0.2, 0.25) is 15.9 Å². The fourth-order valence-electron chi connectivity index (χ4n) is 1.85. The van der Waals surface area contributed by atoms with E-state index in [9.17, 15) is 13.2 Å². The number of carbonyl (C=O) groups excluding carboxylic acids is 1. The molecule has 0 saturated heterocycles. The van der Waals surface area contributed by atoms with Crippen LogP contribution in [-0.2, 0) is 14.8 Å². The van der Waals surface area contributed by atoms with E-state index >= 15 is 0 Å². The first-order chi connectivity index (χ1) is 10.5. The van der Waals surface area contributed by atoms with Crippen molar-refractivity contribution in [2.24, 2.45) is 0 Å². The van der Waals surface area contributed by atoms with Gasteiger partial charge in [-0.05, 0) is 30.7 Å². The molecule has 0 aliphatic rings. The van der Waals surface area contributed by atoms with E-state index in [2.05, 4.69) is 17.0 Å². The number of rotatable bonds is 10. The molecule has 0 atom stereocenters. The fraction of sp³-hybridized carbons (Fsp3) is 0.533. The largest absolute Gasteiger partial charge is 0.497 e. The zero-order valence-corrected chi connectivity index (χ0v) is 13.9. The van der Waals surface area contributed by atoms with Gasteiger partial charge in [-0.2, -0.15) is 0 Å². The minimum atomic E-state index is -3.56.